The maximum Gasteiger partial charge on any atom is 0.184 e. The van der Waals surface area contributed by atoms with Crippen LogP contribution in [0.1, 0.15) is 33.3 Å². The molecule has 0 amide bonds. The van der Waals surface area contributed by atoms with E-state index < -0.39 is 0 Å². The number of hydrogen-bond donors (Lipinski definition) is 1. The first-order valence-electron chi connectivity index (χ1n) is 6.46. The smallest absolute Gasteiger partial charge is 0.184 e. The van der Waals surface area contributed by atoms with E-state index in [1.54, 1.807) is 11.3 Å². The van der Waals surface area contributed by atoms with E-state index in [9.17, 15) is 0 Å². The van der Waals surface area contributed by atoms with Crippen molar-refractivity contribution in [3.8, 4) is 0 Å². The molecule has 96 valence electrons. The Kier molecular flexibility index (Phi) is 2.31. The van der Waals surface area contributed by atoms with Crippen molar-refractivity contribution in [3.05, 3.63) is 23.8 Å². The lowest BCUT2D eigenvalue weighted by Crippen LogP contribution is -2.09. The summed E-state index contributed by atoms with van der Waals surface area (Å²) in [5.74, 6) is 0. The van der Waals surface area contributed by atoms with Crippen LogP contribution in [-0.4, -0.2) is 11.0 Å². The second-order valence-corrected chi connectivity index (χ2v) is 7.54. The van der Waals surface area contributed by atoms with E-state index in [-0.39, 0.29) is 0 Å². The van der Waals surface area contributed by atoms with Crippen molar-refractivity contribution < 1.29 is 0 Å². The highest BCUT2D eigenvalue weighted by Gasteiger charge is 2.65. The summed E-state index contributed by atoms with van der Waals surface area (Å²) >= 11 is 1.76. The van der Waals surface area contributed by atoms with E-state index in [0.717, 1.165) is 10.6 Å². The van der Waals surface area contributed by atoms with Gasteiger partial charge in [-0.15, -0.1) is 0 Å². The number of nitrogens with zero attached hydrogens (tertiary/aromatic N) is 1. The predicted molar refractivity (Wildman–Crippen MR) is 79.3 cm³/mol. The molecule has 1 fully saturated rings. The highest BCUT2D eigenvalue weighted by atomic mass is 32.1. The standard InChI is InChI=1S/C15H20N2S/c1-9-6-7-10-11(8-9)18-13(16-10)17-12-14(2,3)15(12,4)5/h6-8,12H,1-5H3,(H,16,17). The molecule has 0 unspecified atom stereocenters. The van der Waals surface area contributed by atoms with E-state index in [4.69, 9.17) is 0 Å². The maximum atomic E-state index is 4.67. The Morgan fingerprint density at radius 2 is 1.83 bits per heavy atom. The summed E-state index contributed by atoms with van der Waals surface area (Å²) in [6.45, 7) is 11.4. The number of aromatic nitrogens is 1. The fourth-order valence-corrected chi connectivity index (χ4v) is 3.77. The minimum absolute atomic E-state index is 0.348. The average molecular weight is 260 g/mol. The summed E-state index contributed by atoms with van der Waals surface area (Å²) in [4.78, 5) is 4.67. The summed E-state index contributed by atoms with van der Waals surface area (Å²) in [6, 6.07) is 6.96. The van der Waals surface area contributed by atoms with Crippen LogP contribution in [0.4, 0.5) is 5.13 Å². The average Bonchev–Trinajstić information content (AvgIpc) is 2.64. The molecular formula is C15H20N2S. The van der Waals surface area contributed by atoms with Crippen LogP contribution in [0.15, 0.2) is 18.2 Å². The van der Waals surface area contributed by atoms with Crippen LogP contribution in [0, 0.1) is 17.8 Å². The first-order valence-corrected chi connectivity index (χ1v) is 7.28. The van der Waals surface area contributed by atoms with Crippen molar-refractivity contribution in [2.75, 3.05) is 5.32 Å². The van der Waals surface area contributed by atoms with Gasteiger partial charge in [-0.05, 0) is 35.4 Å². The van der Waals surface area contributed by atoms with Crippen molar-refractivity contribution in [2.24, 2.45) is 10.8 Å². The number of hydrogen-bond acceptors (Lipinski definition) is 3. The Morgan fingerprint density at radius 3 is 2.44 bits per heavy atom. The van der Waals surface area contributed by atoms with Crippen LogP contribution in [0.25, 0.3) is 10.2 Å². The van der Waals surface area contributed by atoms with E-state index in [1.165, 1.54) is 10.3 Å². The Hall–Kier alpha value is -1.09. The lowest BCUT2D eigenvalue weighted by molar-refractivity contribution is 0.457. The molecule has 0 saturated heterocycles. The SMILES string of the molecule is Cc1ccc2nc(NC3C(C)(C)C3(C)C)sc2c1. The van der Waals surface area contributed by atoms with Gasteiger partial charge in [-0.2, -0.15) is 0 Å². The van der Waals surface area contributed by atoms with Gasteiger partial charge < -0.3 is 5.32 Å². The van der Waals surface area contributed by atoms with E-state index in [2.05, 4.69) is 63.1 Å². The minimum atomic E-state index is 0.348. The number of anilines is 1. The van der Waals surface area contributed by atoms with Crippen molar-refractivity contribution in [1.82, 2.24) is 4.98 Å². The van der Waals surface area contributed by atoms with Crippen molar-refractivity contribution in [3.63, 3.8) is 0 Å². The van der Waals surface area contributed by atoms with Crippen LogP contribution in [0.2, 0.25) is 0 Å². The van der Waals surface area contributed by atoms with Gasteiger partial charge in [0.05, 0.1) is 10.2 Å². The molecule has 0 radical (unpaired) electrons. The van der Waals surface area contributed by atoms with Crippen LogP contribution in [0.3, 0.4) is 0 Å². The summed E-state index contributed by atoms with van der Waals surface area (Å²) < 4.78 is 1.27. The zero-order valence-corrected chi connectivity index (χ0v) is 12.5. The zero-order valence-electron chi connectivity index (χ0n) is 11.7. The van der Waals surface area contributed by atoms with Crippen LogP contribution in [0.5, 0.6) is 0 Å². The fraction of sp³-hybridized carbons (Fsp3) is 0.533. The number of benzene rings is 1. The topological polar surface area (TPSA) is 24.9 Å². The number of rotatable bonds is 2. The van der Waals surface area contributed by atoms with Crippen LogP contribution in [-0.2, 0) is 0 Å². The van der Waals surface area contributed by atoms with Crippen molar-refractivity contribution in [1.29, 1.82) is 0 Å². The Balaban J connectivity index is 1.89. The third kappa shape index (κ3) is 1.57. The van der Waals surface area contributed by atoms with Gasteiger partial charge in [0.15, 0.2) is 5.13 Å². The van der Waals surface area contributed by atoms with Gasteiger partial charge in [0.2, 0.25) is 0 Å². The molecule has 18 heavy (non-hydrogen) atoms. The van der Waals surface area contributed by atoms with Gasteiger partial charge in [-0.1, -0.05) is 45.1 Å². The van der Waals surface area contributed by atoms with Gasteiger partial charge in [-0.25, -0.2) is 4.98 Å². The van der Waals surface area contributed by atoms with Gasteiger partial charge in [0.1, 0.15) is 0 Å². The van der Waals surface area contributed by atoms with E-state index >= 15 is 0 Å². The Morgan fingerprint density at radius 1 is 1.17 bits per heavy atom. The third-order valence-electron chi connectivity index (χ3n) is 4.83. The molecule has 1 aliphatic rings. The maximum absolute atomic E-state index is 4.67. The monoisotopic (exact) mass is 260 g/mol. The number of thiazole rings is 1. The highest BCUT2D eigenvalue weighted by molar-refractivity contribution is 7.22. The minimum Gasteiger partial charge on any atom is -0.358 e. The summed E-state index contributed by atoms with van der Waals surface area (Å²) in [5.41, 5.74) is 3.09. The van der Waals surface area contributed by atoms with Crippen LogP contribution < -0.4 is 5.32 Å². The summed E-state index contributed by atoms with van der Waals surface area (Å²) in [7, 11) is 0. The lowest BCUT2D eigenvalue weighted by atomic mass is 10.0. The van der Waals surface area contributed by atoms with E-state index in [0.29, 0.717) is 16.9 Å². The van der Waals surface area contributed by atoms with E-state index in [1.807, 2.05) is 0 Å². The molecule has 0 bridgehead atoms. The first kappa shape index (κ1) is 12.0. The molecule has 1 saturated carbocycles. The molecule has 1 aromatic heterocycles. The second kappa shape index (κ2) is 3.47. The second-order valence-electron chi connectivity index (χ2n) is 6.51. The van der Waals surface area contributed by atoms with Crippen molar-refractivity contribution in [2.45, 2.75) is 40.7 Å². The molecule has 3 heteroatoms. The zero-order chi connectivity index (χ0) is 13.1. The lowest BCUT2D eigenvalue weighted by Gasteiger charge is -2.02. The molecule has 3 rings (SSSR count). The fourth-order valence-electron chi connectivity index (χ4n) is 2.77. The summed E-state index contributed by atoms with van der Waals surface area (Å²) in [6.07, 6.45) is 0. The van der Waals surface area contributed by atoms with Crippen molar-refractivity contribution >= 4 is 26.7 Å². The third-order valence-corrected chi connectivity index (χ3v) is 5.78. The first-order chi connectivity index (χ1) is 8.32. The molecule has 1 aliphatic carbocycles. The number of fused-ring (bicyclic) bond motifs is 1. The number of aryl methyl sites for hydroxylation is 1. The normalized spacial score (nSPS) is 21.2. The molecule has 2 aromatic rings. The van der Waals surface area contributed by atoms with Gasteiger partial charge in [-0.3, -0.25) is 0 Å². The molecule has 2 nitrogen and oxygen atoms in total. The Bertz CT molecular complexity index is 596. The molecular weight excluding hydrogens is 240 g/mol. The molecule has 0 spiro atoms. The predicted octanol–water partition coefficient (Wildman–Crippen LogP) is 4.45. The number of nitrogens with one attached hydrogen (secondary N) is 1. The van der Waals surface area contributed by atoms with Gasteiger partial charge in [0.25, 0.3) is 0 Å². The Labute approximate surface area is 112 Å². The van der Waals surface area contributed by atoms with Crippen LogP contribution >= 0.6 is 11.3 Å². The molecule has 1 N–H and O–H groups in total. The largest absolute Gasteiger partial charge is 0.358 e. The quantitative estimate of drug-likeness (QED) is 0.862. The molecule has 1 heterocycles. The summed E-state index contributed by atoms with van der Waals surface area (Å²) in [5, 5.41) is 4.67. The van der Waals surface area contributed by atoms with Gasteiger partial charge >= 0.3 is 0 Å². The highest BCUT2D eigenvalue weighted by Crippen LogP contribution is 2.63. The molecule has 0 atom stereocenters. The molecule has 0 aliphatic heterocycles. The molecule has 1 aromatic carbocycles. The van der Waals surface area contributed by atoms with Gasteiger partial charge in [0, 0.05) is 6.04 Å².